The lowest BCUT2D eigenvalue weighted by atomic mass is 9.33. The number of rotatable bonds is 7. The molecule has 0 spiro atoms. The Morgan fingerprint density at radius 1 is 0.941 bits per heavy atom. The van der Waals surface area contributed by atoms with Crippen molar-refractivity contribution in [3.8, 4) is 0 Å². The first-order chi connectivity index (χ1) is 24.1. The van der Waals surface area contributed by atoms with Crippen molar-refractivity contribution in [2.75, 3.05) is 37.7 Å². The highest BCUT2D eigenvalue weighted by Gasteiger charge is 2.70. The monoisotopic (exact) mass is 718 g/mol. The summed E-state index contributed by atoms with van der Waals surface area (Å²) in [6.07, 6.45) is 14.5. The number of hydrogen-bond acceptors (Lipinski definition) is 8. The van der Waals surface area contributed by atoms with Crippen LogP contribution in [0.1, 0.15) is 120 Å². The average molecular weight is 719 g/mol. The van der Waals surface area contributed by atoms with Gasteiger partial charge in [0.2, 0.25) is 12.3 Å². The second-order valence-corrected chi connectivity index (χ2v) is 20.9. The molecule has 4 saturated carbocycles. The Balaban J connectivity index is 1.08. The van der Waals surface area contributed by atoms with E-state index in [1.165, 1.54) is 44.1 Å². The number of hydrogen-bond donors (Lipinski definition) is 2. The number of sulfone groups is 1. The molecule has 9 unspecified atom stereocenters. The number of allylic oxidation sites excluding steroid dienone is 2. The van der Waals surface area contributed by atoms with Crippen LogP contribution in [0.4, 0.5) is 0 Å². The molecule has 9 atom stereocenters. The van der Waals surface area contributed by atoms with Gasteiger partial charge in [0.15, 0.2) is 9.84 Å². The van der Waals surface area contributed by atoms with Crippen molar-refractivity contribution in [3.63, 3.8) is 0 Å². The van der Waals surface area contributed by atoms with E-state index in [1.807, 2.05) is 12.1 Å². The van der Waals surface area contributed by atoms with Crippen LogP contribution in [0.3, 0.4) is 0 Å². The summed E-state index contributed by atoms with van der Waals surface area (Å²) in [7, 11) is -2.89. The number of aromatic carboxylic acids is 1. The normalized spacial score (nSPS) is 41.4. The van der Waals surface area contributed by atoms with Crippen molar-refractivity contribution < 1.29 is 22.7 Å². The van der Waals surface area contributed by atoms with Crippen molar-refractivity contribution in [2.45, 2.75) is 104 Å². The van der Waals surface area contributed by atoms with Crippen molar-refractivity contribution in [2.24, 2.45) is 45.3 Å². The van der Waals surface area contributed by atoms with E-state index in [0.717, 1.165) is 50.2 Å². The van der Waals surface area contributed by atoms with E-state index in [1.54, 1.807) is 12.1 Å². The number of benzene rings is 1. The molecule has 1 aromatic heterocycles. The largest absolute Gasteiger partial charge is 0.478 e. The highest BCUT2D eigenvalue weighted by molar-refractivity contribution is 7.91. The topological polar surface area (TPSA) is 126 Å². The molecule has 1 aliphatic heterocycles. The Bertz CT molecular complexity index is 1780. The summed E-state index contributed by atoms with van der Waals surface area (Å²) in [6, 6.07) is 7.54. The van der Waals surface area contributed by atoms with Crippen molar-refractivity contribution >= 4 is 21.4 Å². The van der Waals surface area contributed by atoms with Crippen LogP contribution in [0.25, 0.3) is 5.57 Å². The first kappa shape index (κ1) is 35.5. The van der Waals surface area contributed by atoms with Gasteiger partial charge in [-0.25, -0.2) is 13.2 Å². The van der Waals surface area contributed by atoms with Crippen LogP contribution < -0.4 is 5.32 Å². The molecule has 5 aliphatic carbocycles. The number of fused-ring (bicyclic) bond motifs is 7. The third-order valence-corrected chi connectivity index (χ3v) is 18.1. The quantitative estimate of drug-likeness (QED) is 0.309. The molecule has 0 amide bonds. The molecule has 6 aliphatic rings. The van der Waals surface area contributed by atoms with E-state index in [-0.39, 0.29) is 44.6 Å². The molecule has 1 saturated heterocycles. The van der Waals surface area contributed by atoms with Crippen LogP contribution in [0.2, 0.25) is 0 Å². The smallest absolute Gasteiger partial charge is 0.335 e. The maximum Gasteiger partial charge on any atom is 0.335 e. The van der Waals surface area contributed by atoms with Crippen molar-refractivity contribution in [1.29, 1.82) is 0 Å². The number of nitrogens with one attached hydrogen (secondary N) is 1. The van der Waals surface area contributed by atoms with Gasteiger partial charge in [0.1, 0.15) is 0 Å². The van der Waals surface area contributed by atoms with Crippen LogP contribution in [0.15, 0.2) is 41.2 Å². The van der Waals surface area contributed by atoms with E-state index in [9.17, 15) is 18.3 Å². The van der Waals surface area contributed by atoms with Gasteiger partial charge in [-0.3, -0.25) is 0 Å². The second-order valence-electron chi connectivity index (χ2n) is 18.6. The number of carboxylic acid groups (broad SMARTS) is 1. The van der Waals surface area contributed by atoms with Gasteiger partial charge >= 0.3 is 5.97 Å². The minimum absolute atomic E-state index is 0.0183. The van der Waals surface area contributed by atoms with E-state index in [4.69, 9.17) is 4.42 Å². The van der Waals surface area contributed by atoms with Gasteiger partial charge in [0, 0.05) is 37.6 Å². The Labute approximate surface area is 304 Å². The minimum Gasteiger partial charge on any atom is -0.478 e. The molecular formula is C41H58N4O5S. The van der Waals surface area contributed by atoms with Gasteiger partial charge in [-0.2, -0.15) is 0 Å². The molecule has 0 radical (unpaired) electrons. The van der Waals surface area contributed by atoms with Crippen LogP contribution >= 0.6 is 0 Å². The van der Waals surface area contributed by atoms with Gasteiger partial charge in [0.05, 0.1) is 17.1 Å². The lowest BCUT2D eigenvalue weighted by Gasteiger charge is -2.72. The zero-order valence-electron chi connectivity index (χ0n) is 31.3. The van der Waals surface area contributed by atoms with Crippen LogP contribution in [0.5, 0.6) is 0 Å². The molecule has 0 bridgehead atoms. The molecule has 9 nitrogen and oxygen atoms in total. The third-order valence-electron chi connectivity index (χ3n) is 16.5. The van der Waals surface area contributed by atoms with Gasteiger partial charge < -0.3 is 19.7 Å². The van der Waals surface area contributed by atoms with Gasteiger partial charge in [0.25, 0.3) is 0 Å². The molecule has 1 aromatic carbocycles. The summed E-state index contributed by atoms with van der Waals surface area (Å²) in [6.45, 7) is 15.9. The zero-order valence-corrected chi connectivity index (χ0v) is 32.1. The molecule has 278 valence electrons. The Morgan fingerprint density at radius 3 is 2.37 bits per heavy atom. The molecular weight excluding hydrogens is 661 g/mol. The van der Waals surface area contributed by atoms with E-state index < -0.39 is 15.8 Å². The average Bonchev–Trinajstić information content (AvgIpc) is 3.75. The van der Waals surface area contributed by atoms with E-state index in [2.05, 4.69) is 61.1 Å². The zero-order chi connectivity index (χ0) is 36.0. The lowest BCUT2D eigenvalue weighted by molar-refractivity contribution is -0.218. The number of carbonyl (C=O) groups is 1. The SMILES string of the molecule is CC1(C)C(c2ccc(C(=O)O)cc2)=CCC2(C)C1CCC1(C)C2CCC2C3C(c4nnco4)CCC3(NCCN3CCS(=O)(=O)CC3)CCC21C. The molecule has 2 heterocycles. The maximum absolute atomic E-state index is 12.1. The number of carboxylic acids is 1. The fraction of sp³-hybridized carbons (Fsp3) is 0.732. The van der Waals surface area contributed by atoms with Crippen molar-refractivity contribution in [1.82, 2.24) is 20.4 Å². The summed E-state index contributed by atoms with van der Waals surface area (Å²) >= 11 is 0. The summed E-state index contributed by atoms with van der Waals surface area (Å²) in [5.41, 5.74) is 3.45. The van der Waals surface area contributed by atoms with E-state index >= 15 is 0 Å². The first-order valence-electron chi connectivity index (χ1n) is 19.6. The fourth-order valence-electron chi connectivity index (χ4n) is 13.8. The molecule has 8 rings (SSSR count). The predicted octanol–water partition coefficient (Wildman–Crippen LogP) is 7.08. The third kappa shape index (κ3) is 5.42. The molecule has 2 N–H and O–H groups in total. The first-order valence-corrected chi connectivity index (χ1v) is 21.4. The molecule has 51 heavy (non-hydrogen) atoms. The van der Waals surface area contributed by atoms with Crippen LogP contribution in [-0.4, -0.2) is 77.8 Å². The molecule has 2 aromatic rings. The van der Waals surface area contributed by atoms with Crippen LogP contribution in [-0.2, 0) is 9.84 Å². The highest BCUT2D eigenvalue weighted by atomic mass is 32.2. The second kappa shape index (κ2) is 12.2. The standard InChI is InChI=1S/C41H58N4O5S/c1-37(2)30(27-6-8-28(9-7-27)36(46)47)13-15-38(3)32(37)14-16-40(5)33(38)11-10-31-34-29(35-44-43-26-50-35)12-17-41(34,19-18-39(31,40)4)42-20-21-45-22-24-51(48,49)25-23-45/h6-9,13,26,29,31-34,42H,10-12,14-25H2,1-5H3,(H,46,47). The Kier molecular flexibility index (Phi) is 8.51. The Hall–Kier alpha value is -2.56. The lowest BCUT2D eigenvalue weighted by Crippen LogP contribution is -2.68. The van der Waals surface area contributed by atoms with Crippen molar-refractivity contribution in [3.05, 3.63) is 53.8 Å². The van der Waals surface area contributed by atoms with E-state index in [0.29, 0.717) is 42.3 Å². The summed E-state index contributed by atoms with van der Waals surface area (Å²) in [5, 5.41) is 22.3. The molecule has 5 fully saturated rings. The van der Waals surface area contributed by atoms with Gasteiger partial charge in [-0.05, 0) is 126 Å². The van der Waals surface area contributed by atoms with Gasteiger partial charge in [-0.15, -0.1) is 10.2 Å². The maximum atomic E-state index is 12.1. The Morgan fingerprint density at radius 2 is 1.69 bits per heavy atom. The summed E-state index contributed by atoms with van der Waals surface area (Å²) in [4.78, 5) is 13.9. The highest BCUT2D eigenvalue weighted by Crippen LogP contribution is 2.77. The summed E-state index contributed by atoms with van der Waals surface area (Å²) < 4.78 is 30.1. The fourth-order valence-corrected chi connectivity index (χ4v) is 15.1. The van der Waals surface area contributed by atoms with Gasteiger partial charge in [-0.1, -0.05) is 52.8 Å². The van der Waals surface area contributed by atoms with Crippen LogP contribution in [0, 0.1) is 45.3 Å². The summed E-state index contributed by atoms with van der Waals surface area (Å²) in [5.74, 6) is 2.87. The molecule has 10 heteroatoms. The number of aromatic nitrogens is 2. The predicted molar refractivity (Wildman–Crippen MR) is 198 cm³/mol. The minimum atomic E-state index is -2.89. The number of nitrogens with zero attached hydrogens (tertiary/aromatic N) is 3.